The first-order valence-electron chi connectivity index (χ1n) is 3.73. The standard InChI is InChI=1S/C8H9F3N2S/c9-8(10,11)4-14-5-1-2-6(12)7(13)3-5/h1-3H,4,12-13H2. The number of benzene rings is 1. The molecular weight excluding hydrogens is 213 g/mol. The van der Waals surface area contributed by atoms with Gasteiger partial charge in [-0.1, -0.05) is 0 Å². The molecule has 78 valence electrons. The highest BCUT2D eigenvalue weighted by Crippen LogP contribution is 2.29. The number of anilines is 2. The highest BCUT2D eigenvalue weighted by molar-refractivity contribution is 7.99. The van der Waals surface area contributed by atoms with Gasteiger partial charge in [0, 0.05) is 4.90 Å². The number of halogens is 3. The lowest BCUT2D eigenvalue weighted by Crippen LogP contribution is -2.10. The van der Waals surface area contributed by atoms with Crippen LogP contribution in [-0.4, -0.2) is 11.9 Å². The van der Waals surface area contributed by atoms with Crippen molar-refractivity contribution in [3.8, 4) is 0 Å². The molecule has 0 atom stereocenters. The highest BCUT2D eigenvalue weighted by atomic mass is 32.2. The first kappa shape index (κ1) is 11.0. The van der Waals surface area contributed by atoms with Crippen LogP contribution in [0.2, 0.25) is 0 Å². The molecule has 0 saturated carbocycles. The lowest BCUT2D eigenvalue weighted by Gasteiger charge is -2.07. The molecule has 1 rings (SSSR count). The molecule has 0 fully saturated rings. The van der Waals surface area contributed by atoms with Crippen molar-refractivity contribution in [1.82, 2.24) is 0 Å². The van der Waals surface area contributed by atoms with Crippen molar-refractivity contribution in [2.24, 2.45) is 0 Å². The van der Waals surface area contributed by atoms with Gasteiger partial charge in [-0.3, -0.25) is 0 Å². The Labute approximate surface area is 83.5 Å². The van der Waals surface area contributed by atoms with E-state index in [1.54, 1.807) is 0 Å². The van der Waals surface area contributed by atoms with Crippen LogP contribution in [0.25, 0.3) is 0 Å². The van der Waals surface area contributed by atoms with Crippen molar-refractivity contribution in [2.45, 2.75) is 11.1 Å². The topological polar surface area (TPSA) is 52.0 Å². The Bertz CT molecular complexity index is 325. The zero-order chi connectivity index (χ0) is 10.8. The third-order valence-electron chi connectivity index (χ3n) is 1.46. The van der Waals surface area contributed by atoms with Crippen molar-refractivity contribution >= 4 is 23.1 Å². The third-order valence-corrected chi connectivity index (χ3v) is 2.52. The second-order valence-electron chi connectivity index (χ2n) is 2.69. The minimum Gasteiger partial charge on any atom is -0.397 e. The van der Waals surface area contributed by atoms with Crippen molar-refractivity contribution < 1.29 is 13.2 Å². The molecule has 0 bridgehead atoms. The zero-order valence-corrected chi connectivity index (χ0v) is 7.95. The second-order valence-corrected chi connectivity index (χ2v) is 3.74. The number of alkyl halides is 3. The Morgan fingerprint density at radius 2 is 1.79 bits per heavy atom. The van der Waals surface area contributed by atoms with E-state index in [4.69, 9.17) is 11.5 Å². The molecule has 0 aliphatic rings. The summed E-state index contributed by atoms with van der Waals surface area (Å²) in [7, 11) is 0. The van der Waals surface area contributed by atoms with Gasteiger partial charge >= 0.3 is 6.18 Å². The van der Waals surface area contributed by atoms with Gasteiger partial charge in [-0.25, -0.2) is 0 Å². The molecular formula is C8H9F3N2S. The smallest absolute Gasteiger partial charge is 0.397 e. The van der Waals surface area contributed by atoms with E-state index in [1.807, 2.05) is 0 Å². The van der Waals surface area contributed by atoms with Gasteiger partial charge in [0.15, 0.2) is 0 Å². The van der Waals surface area contributed by atoms with Crippen LogP contribution in [0, 0.1) is 0 Å². The summed E-state index contributed by atoms with van der Waals surface area (Å²) in [6.45, 7) is 0. The molecule has 0 heterocycles. The summed E-state index contributed by atoms with van der Waals surface area (Å²) in [6.07, 6.45) is -4.17. The van der Waals surface area contributed by atoms with E-state index in [9.17, 15) is 13.2 Å². The molecule has 0 unspecified atom stereocenters. The molecule has 6 heteroatoms. The number of rotatable bonds is 2. The number of thioether (sulfide) groups is 1. The second kappa shape index (κ2) is 4.00. The van der Waals surface area contributed by atoms with E-state index in [0.717, 1.165) is 0 Å². The van der Waals surface area contributed by atoms with Crippen molar-refractivity contribution in [2.75, 3.05) is 17.2 Å². The molecule has 0 radical (unpaired) electrons. The highest BCUT2D eigenvalue weighted by Gasteiger charge is 2.27. The van der Waals surface area contributed by atoms with Gasteiger partial charge in [-0.05, 0) is 18.2 Å². The minimum absolute atomic E-state index is 0.303. The molecule has 0 aliphatic carbocycles. The fraction of sp³-hybridized carbons (Fsp3) is 0.250. The molecule has 14 heavy (non-hydrogen) atoms. The molecule has 0 aliphatic heterocycles. The molecule has 0 amide bonds. The maximum Gasteiger partial charge on any atom is 0.398 e. The van der Waals surface area contributed by atoms with Gasteiger partial charge in [0.2, 0.25) is 0 Å². The van der Waals surface area contributed by atoms with E-state index in [-0.39, 0.29) is 0 Å². The monoisotopic (exact) mass is 222 g/mol. The van der Waals surface area contributed by atoms with Crippen molar-refractivity contribution in [3.05, 3.63) is 18.2 Å². The van der Waals surface area contributed by atoms with Gasteiger partial charge in [0.25, 0.3) is 0 Å². The van der Waals surface area contributed by atoms with Crippen LogP contribution in [0.5, 0.6) is 0 Å². The van der Waals surface area contributed by atoms with Crippen LogP contribution in [0.1, 0.15) is 0 Å². The number of hydrogen-bond donors (Lipinski definition) is 2. The van der Waals surface area contributed by atoms with Gasteiger partial charge in [-0.2, -0.15) is 13.2 Å². The number of hydrogen-bond acceptors (Lipinski definition) is 3. The molecule has 1 aromatic carbocycles. The summed E-state index contributed by atoms with van der Waals surface area (Å²) >= 11 is 0.690. The Balaban J connectivity index is 2.65. The maximum absolute atomic E-state index is 11.8. The molecule has 0 aromatic heterocycles. The lowest BCUT2D eigenvalue weighted by atomic mass is 10.3. The van der Waals surface area contributed by atoms with Crippen LogP contribution >= 0.6 is 11.8 Å². The normalized spacial score (nSPS) is 11.6. The van der Waals surface area contributed by atoms with Crippen LogP contribution < -0.4 is 11.5 Å². The van der Waals surface area contributed by atoms with Crippen molar-refractivity contribution in [1.29, 1.82) is 0 Å². The van der Waals surface area contributed by atoms with Gasteiger partial charge in [0.05, 0.1) is 17.1 Å². The van der Waals surface area contributed by atoms with E-state index in [2.05, 4.69) is 0 Å². The average molecular weight is 222 g/mol. The summed E-state index contributed by atoms with van der Waals surface area (Å²) in [6, 6.07) is 4.45. The van der Waals surface area contributed by atoms with Crippen molar-refractivity contribution in [3.63, 3.8) is 0 Å². The molecule has 1 aromatic rings. The van der Waals surface area contributed by atoms with Crippen LogP contribution in [0.15, 0.2) is 23.1 Å². The Hall–Kier alpha value is -1.04. The predicted molar refractivity (Wildman–Crippen MR) is 52.0 cm³/mol. The van der Waals surface area contributed by atoms with Crippen LogP contribution in [0.3, 0.4) is 0 Å². The zero-order valence-electron chi connectivity index (χ0n) is 7.14. The van der Waals surface area contributed by atoms with E-state index in [0.29, 0.717) is 28.0 Å². The van der Waals surface area contributed by atoms with E-state index >= 15 is 0 Å². The number of nitrogens with two attached hydrogens (primary N) is 2. The summed E-state index contributed by atoms with van der Waals surface area (Å²) in [5.74, 6) is -0.920. The summed E-state index contributed by atoms with van der Waals surface area (Å²) in [4.78, 5) is 0.467. The predicted octanol–water partition coefficient (Wildman–Crippen LogP) is 2.51. The summed E-state index contributed by atoms with van der Waals surface area (Å²) in [5.41, 5.74) is 11.5. The first-order valence-corrected chi connectivity index (χ1v) is 4.71. The molecule has 4 N–H and O–H groups in total. The first-order chi connectivity index (χ1) is 6.38. The SMILES string of the molecule is Nc1ccc(SCC(F)(F)F)cc1N. The average Bonchev–Trinajstić information content (AvgIpc) is 2.06. The Morgan fingerprint density at radius 1 is 1.14 bits per heavy atom. The summed E-state index contributed by atoms with van der Waals surface area (Å²) < 4.78 is 35.5. The van der Waals surface area contributed by atoms with Gasteiger partial charge < -0.3 is 11.5 Å². The van der Waals surface area contributed by atoms with E-state index < -0.39 is 11.9 Å². The fourth-order valence-electron chi connectivity index (χ4n) is 0.808. The third kappa shape index (κ3) is 3.37. The van der Waals surface area contributed by atoms with Crippen LogP contribution in [0.4, 0.5) is 24.5 Å². The van der Waals surface area contributed by atoms with Crippen LogP contribution in [-0.2, 0) is 0 Å². The fourth-order valence-corrected chi connectivity index (χ4v) is 1.51. The maximum atomic E-state index is 11.8. The largest absolute Gasteiger partial charge is 0.398 e. The molecule has 0 spiro atoms. The van der Waals surface area contributed by atoms with Gasteiger partial charge in [0.1, 0.15) is 0 Å². The Kier molecular flexibility index (Phi) is 3.15. The number of nitrogen functional groups attached to an aromatic ring is 2. The summed E-state index contributed by atoms with van der Waals surface area (Å²) in [5, 5.41) is 0. The Morgan fingerprint density at radius 3 is 2.29 bits per heavy atom. The molecule has 2 nitrogen and oxygen atoms in total. The lowest BCUT2D eigenvalue weighted by molar-refractivity contribution is -0.105. The molecule has 0 saturated heterocycles. The van der Waals surface area contributed by atoms with E-state index in [1.165, 1.54) is 18.2 Å². The minimum atomic E-state index is -4.17. The quantitative estimate of drug-likeness (QED) is 0.597. The van der Waals surface area contributed by atoms with Gasteiger partial charge in [-0.15, -0.1) is 11.8 Å².